The van der Waals surface area contributed by atoms with E-state index < -0.39 is 5.60 Å². The number of aliphatic hydroxyl groups is 2. The van der Waals surface area contributed by atoms with Crippen LogP contribution in [0.2, 0.25) is 0 Å². The molecule has 16 heavy (non-hydrogen) atoms. The predicted molar refractivity (Wildman–Crippen MR) is 62.8 cm³/mol. The van der Waals surface area contributed by atoms with Gasteiger partial charge < -0.3 is 10.2 Å². The average Bonchev–Trinajstić information content (AvgIpc) is 2.61. The van der Waals surface area contributed by atoms with Gasteiger partial charge in [0.15, 0.2) is 0 Å². The third-order valence-corrected chi connectivity index (χ3v) is 5.96. The Labute approximate surface area is 98.1 Å². The number of hydrogen-bond acceptors (Lipinski definition) is 2. The van der Waals surface area contributed by atoms with Crippen molar-refractivity contribution >= 4 is 0 Å². The summed E-state index contributed by atoms with van der Waals surface area (Å²) in [7, 11) is 0. The van der Waals surface area contributed by atoms with Crippen LogP contribution in [0.4, 0.5) is 0 Å². The lowest BCUT2D eigenvalue weighted by atomic mass is 9.78. The molecule has 2 nitrogen and oxygen atoms in total. The zero-order chi connectivity index (χ0) is 11.7. The fraction of sp³-hybridized carbons (Fsp3) is 1.00. The van der Waals surface area contributed by atoms with E-state index in [0.717, 1.165) is 31.6 Å². The van der Waals surface area contributed by atoms with Gasteiger partial charge in [0, 0.05) is 0 Å². The number of fused-ring (bicyclic) bond motifs is 3. The highest BCUT2D eigenvalue weighted by molar-refractivity contribution is 5.16. The van der Waals surface area contributed by atoms with Crippen molar-refractivity contribution in [3.63, 3.8) is 0 Å². The lowest BCUT2D eigenvalue weighted by molar-refractivity contribution is -0.0264. The van der Waals surface area contributed by atoms with E-state index in [9.17, 15) is 10.2 Å². The number of rotatable bonds is 0. The van der Waals surface area contributed by atoms with E-state index in [1.807, 2.05) is 6.92 Å². The minimum atomic E-state index is -0.535. The van der Waals surface area contributed by atoms with Gasteiger partial charge in [0.05, 0.1) is 11.7 Å². The van der Waals surface area contributed by atoms with Crippen molar-refractivity contribution in [1.82, 2.24) is 0 Å². The lowest BCUT2D eigenvalue weighted by Crippen LogP contribution is -2.37. The summed E-state index contributed by atoms with van der Waals surface area (Å²) in [4.78, 5) is 0. The van der Waals surface area contributed by atoms with E-state index in [4.69, 9.17) is 0 Å². The first-order valence-corrected chi connectivity index (χ1v) is 6.76. The highest BCUT2D eigenvalue weighted by Crippen LogP contribution is 2.70. The maximum absolute atomic E-state index is 10.6. The smallest absolute Gasteiger partial charge is 0.0654 e. The molecule has 0 bridgehead atoms. The van der Waals surface area contributed by atoms with Crippen molar-refractivity contribution in [3.05, 3.63) is 0 Å². The van der Waals surface area contributed by atoms with Gasteiger partial charge in [-0.2, -0.15) is 0 Å². The molecule has 0 aliphatic heterocycles. The molecule has 92 valence electrons. The zero-order valence-electron chi connectivity index (χ0n) is 10.6. The molecule has 0 amide bonds. The van der Waals surface area contributed by atoms with Crippen molar-refractivity contribution in [2.75, 3.05) is 0 Å². The minimum Gasteiger partial charge on any atom is -0.393 e. The normalized spacial score (nSPS) is 58.7. The van der Waals surface area contributed by atoms with Gasteiger partial charge in [0.25, 0.3) is 0 Å². The fourth-order valence-electron chi connectivity index (χ4n) is 4.97. The van der Waals surface area contributed by atoms with Crippen LogP contribution in [-0.4, -0.2) is 21.9 Å². The number of hydrogen-bond donors (Lipinski definition) is 2. The Balaban J connectivity index is 1.95. The van der Waals surface area contributed by atoms with E-state index in [1.54, 1.807) is 0 Å². The largest absolute Gasteiger partial charge is 0.393 e. The first kappa shape index (κ1) is 11.0. The first-order valence-electron chi connectivity index (χ1n) is 6.76. The summed E-state index contributed by atoms with van der Waals surface area (Å²) in [5.41, 5.74) is -0.135. The molecule has 0 aromatic rings. The molecule has 0 spiro atoms. The van der Waals surface area contributed by atoms with Gasteiger partial charge >= 0.3 is 0 Å². The van der Waals surface area contributed by atoms with Crippen molar-refractivity contribution in [2.45, 2.75) is 58.2 Å². The second-order valence-corrected chi connectivity index (χ2v) is 7.18. The van der Waals surface area contributed by atoms with Gasteiger partial charge in [-0.1, -0.05) is 13.8 Å². The average molecular weight is 224 g/mol. The summed E-state index contributed by atoms with van der Waals surface area (Å²) in [6, 6.07) is 0. The molecule has 0 saturated heterocycles. The van der Waals surface area contributed by atoms with Gasteiger partial charge in [0.2, 0.25) is 0 Å². The summed E-state index contributed by atoms with van der Waals surface area (Å²) in [6.45, 7) is 6.66. The van der Waals surface area contributed by atoms with E-state index >= 15 is 0 Å². The van der Waals surface area contributed by atoms with Crippen LogP contribution in [0.3, 0.4) is 0 Å². The van der Waals surface area contributed by atoms with Crippen LogP contribution in [0.1, 0.15) is 46.5 Å². The molecule has 3 fully saturated rings. The monoisotopic (exact) mass is 224 g/mol. The van der Waals surface area contributed by atoms with Crippen molar-refractivity contribution in [1.29, 1.82) is 0 Å². The highest BCUT2D eigenvalue weighted by Gasteiger charge is 2.67. The molecule has 3 rings (SSSR count). The standard InChI is InChI=1S/C14H24O2/c1-13(2)9-4-5-10(15)8-6-7-14(3,16)11(8)12(9)13/h8-12,15-16H,4-7H2,1-3H3/t8-,9+,10-,11+,12+,14-/m0/s1. The van der Waals surface area contributed by atoms with Gasteiger partial charge in [-0.25, -0.2) is 0 Å². The molecular formula is C14H24O2. The molecule has 2 N–H and O–H groups in total. The topological polar surface area (TPSA) is 40.5 Å². The third-order valence-electron chi connectivity index (χ3n) is 5.96. The van der Waals surface area contributed by atoms with Crippen LogP contribution >= 0.6 is 0 Å². The van der Waals surface area contributed by atoms with Crippen LogP contribution in [0.25, 0.3) is 0 Å². The summed E-state index contributed by atoms with van der Waals surface area (Å²) < 4.78 is 0. The van der Waals surface area contributed by atoms with E-state index in [1.165, 1.54) is 0 Å². The van der Waals surface area contributed by atoms with Crippen molar-refractivity contribution in [2.24, 2.45) is 29.1 Å². The second-order valence-electron chi connectivity index (χ2n) is 7.18. The molecule has 3 aliphatic rings. The Morgan fingerprint density at radius 3 is 2.38 bits per heavy atom. The SMILES string of the molecule is CC1(C)[C@H]2[C@H]3[C@@H](CC[C@]3(C)O)[C@@H](O)CC[C@H]21. The second kappa shape index (κ2) is 3.02. The highest BCUT2D eigenvalue weighted by atomic mass is 16.3. The van der Waals surface area contributed by atoms with E-state index in [2.05, 4.69) is 13.8 Å². The zero-order valence-corrected chi connectivity index (χ0v) is 10.6. The molecule has 0 radical (unpaired) electrons. The van der Waals surface area contributed by atoms with Crippen LogP contribution < -0.4 is 0 Å². The Hall–Kier alpha value is -0.0800. The Bertz CT molecular complexity index is 308. The molecule has 3 aliphatic carbocycles. The van der Waals surface area contributed by atoms with Gasteiger partial charge in [0.1, 0.15) is 0 Å². The first-order chi connectivity index (χ1) is 7.36. The molecular weight excluding hydrogens is 200 g/mol. The summed E-state index contributed by atoms with van der Waals surface area (Å²) in [6.07, 6.45) is 3.82. The lowest BCUT2D eigenvalue weighted by Gasteiger charge is -2.32. The summed E-state index contributed by atoms with van der Waals surface area (Å²) in [5.74, 6) is 2.07. The van der Waals surface area contributed by atoms with Gasteiger partial charge in [-0.3, -0.25) is 0 Å². The summed E-state index contributed by atoms with van der Waals surface area (Å²) in [5, 5.41) is 20.7. The van der Waals surface area contributed by atoms with Crippen LogP contribution in [-0.2, 0) is 0 Å². The van der Waals surface area contributed by atoms with Crippen LogP contribution in [0.5, 0.6) is 0 Å². The predicted octanol–water partition coefficient (Wildman–Crippen LogP) is 2.19. The van der Waals surface area contributed by atoms with Gasteiger partial charge in [-0.15, -0.1) is 0 Å². The molecule has 0 aromatic carbocycles. The molecule has 0 aromatic heterocycles. The Kier molecular flexibility index (Phi) is 2.09. The third kappa shape index (κ3) is 1.26. The van der Waals surface area contributed by atoms with Crippen LogP contribution in [0, 0.1) is 29.1 Å². The molecule has 0 heterocycles. The Morgan fingerprint density at radius 1 is 1.00 bits per heavy atom. The van der Waals surface area contributed by atoms with Gasteiger partial charge in [-0.05, 0) is 61.7 Å². The number of aliphatic hydroxyl groups excluding tert-OH is 1. The quantitative estimate of drug-likeness (QED) is 0.662. The van der Waals surface area contributed by atoms with Crippen molar-refractivity contribution in [3.8, 4) is 0 Å². The maximum atomic E-state index is 10.6. The molecule has 0 unspecified atom stereocenters. The van der Waals surface area contributed by atoms with E-state index in [-0.39, 0.29) is 6.10 Å². The molecule has 3 saturated carbocycles. The fourth-order valence-corrected chi connectivity index (χ4v) is 4.97. The van der Waals surface area contributed by atoms with Crippen molar-refractivity contribution < 1.29 is 10.2 Å². The summed E-state index contributed by atoms with van der Waals surface area (Å²) >= 11 is 0. The minimum absolute atomic E-state index is 0.164. The maximum Gasteiger partial charge on any atom is 0.0654 e. The molecule has 6 atom stereocenters. The van der Waals surface area contributed by atoms with E-state index in [0.29, 0.717) is 23.2 Å². The Morgan fingerprint density at radius 2 is 1.69 bits per heavy atom. The van der Waals surface area contributed by atoms with Crippen LogP contribution in [0.15, 0.2) is 0 Å². The molecule has 2 heteroatoms.